The highest BCUT2D eigenvalue weighted by Gasteiger charge is 2.40. The fourth-order valence-corrected chi connectivity index (χ4v) is 3.46. The third-order valence-corrected chi connectivity index (χ3v) is 4.77. The van der Waals surface area contributed by atoms with Crippen LogP contribution in [0, 0.1) is 5.92 Å². The maximum Gasteiger partial charge on any atom is 0.109 e. The van der Waals surface area contributed by atoms with E-state index in [-0.39, 0.29) is 6.61 Å². The minimum absolute atomic E-state index is 0.185. The molecule has 1 heterocycles. The average Bonchev–Trinajstić information content (AvgIpc) is 2.44. The van der Waals surface area contributed by atoms with Crippen molar-refractivity contribution in [3.63, 3.8) is 0 Å². The summed E-state index contributed by atoms with van der Waals surface area (Å²) in [6, 6.07) is -0.456. The predicted octanol–water partition coefficient (Wildman–Crippen LogP) is -0.284. The van der Waals surface area contributed by atoms with Crippen molar-refractivity contribution in [1.29, 1.82) is 0 Å². The topological polar surface area (TPSA) is 84.2 Å². The van der Waals surface area contributed by atoms with Gasteiger partial charge in [0.2, 0.25) is 0 Å². The van der Waals surface area contributed by atoms with Crippen LogP contribution in [0.15, 0.2) is 0 Å². The number of hydrogen-bond acceptors (Lipinski definition) is 5. The van der Waals surface area contributed by atoms with Crippen molar-refractivity contribution < 1.29 is 20.4 Å². The highest BCUT2D eigenvalue weighted by atomic mass is 16.4. The van der Waals surface area contributed by atoms with E-state index in [9.17, 15) is 20.4 Å². The standard InChI is InChI=1S/C14H27NO4/c16-9-11-13(18)14(19)12(17)8-15(11)7-6-10-4-2-1-3-5-10/h10-14,16-19H,1-9H2/t11-,12+,13-,14-/m1/s1. The molecular weight excluding hydrogens is 246 g/mol. The lowest BCUT2D eigenvalue weighted by molar-refractivity contribution is -0.145. The molecule has 0 amide bonds. The number of piperidine rings is 1. The summed E-state index contributed by atoms with van der Waals surface area (Å²) in [6.45, 7) is 0.919. The lowest BCUT2D eigenvalue weighted by atomic mass is 9.86. The Morgan fingerprint density at radius 2 is 1.63 bits per heavy atom. The van der Waals surface area contributed by atoms with E-state index in [0.29, 0.717) is 6.54 Å². The Morgan fingerprint density at radius 3 is 2.26 bits per heavy atom. The number of nitrogens with zero attached hydrogens (tertiary/aromatic N) is 1. The zero-order chi connectivity index (χ0) is 13.8. The maximum absolute atomic E-state index is 9.90. The summed E-state index contributed by atoms with van der Waals surface area (Å²) in [4.78, 5) is 1.93. The summed E-state index contributed by atoms with van der Waals surface area (Å²) < 4.78 is 0. The quantitative estimate of drug-likeness (QED) is 0.566. The highest BCUT2D eigenvalue weighted by molar-refractivity contribution is 4.94. The number of likely N-dealkylation sites (tertiary alicyclic amines) is 1. The highest BCUT2D eigenvalue weighted by Crippen LogP contribution is 2.27. The molecule has 4 N–H and O–H groups in total. The molecule has 0 bridgehead atoms. The Hall–Kier alpha value is -0.200. The molecule has 1 aliphatic heterocycles. The van der Waals surface area contributed by atoms with Crippen molar-refractivity contribution in [2.45, 2.75) is 62.9 Å². The zero-order valence-electron chi connectivity index (χ0n) is 11.5. The zero-order valence-corrected chi connectivity index (χ0v) is 11.5. The van der Waals surface area contributed by atoms with Crippen LogP contribution >= 0.6 is 0 Å². The number of hydrogen-bond donors (Lipinski definition) is 4. The molecule has 1 saturated carbocycles. The molecule has 19 heavy (non-hydrogen) atoms. The molecular formula is C14H27NO4. The van der Waals surface area contributed by atoms with Crippen molar-refractivity contribution >= 4 is 0 Å². The Kier molecular flexibility index (Phi) is 5.59. The SMILES string of the molecule is OC[C@@H]1[C@@H](O)[C@H](O)[C@@H](O)CN1CCC1CCCCC1. The van der Waals surface area contributed by atoms with Gasteiger partial charge in [0.05, 0.1) is 18.8 Å². The molecule has 0 aromatic heterocycles. The van der Waals surface area contributed by atoms with Gasteiger partial charge in [-0.3, -0.25) is 4.90 Å². The van der Waals surface area contributed by atoms with Gasteiger partial charge in [0, 0.05) is 6.54 Å². The fourth-order valence-electron chi connectivity index (χ4n) is 3.46. The van der Waals surface area contributed by atoms with E-state index in [1.54, 1.807) is 0 Å². The first-order chi connectivity index (χ1) is 9.13. The van der Waals surface area contributed by atoms with Crippen LogP contribution in [0.5, 0.6) is 0 Å². The third kappa shape index (κ3) is 3.67. The van der Waals surface area contributed by atoms with E-state index >= 15 is 0 Å². The minimum Gasteiger partial charge on any atom is -0.395 e. The molecule has 2 aliphatic rings. The first-order valence-electron chi connectivity index (χ1n) is 7.52. The molecule has 0 radical (unpaired) electrons. The van der Waals surface area contributed by atoms with Crippen molar-refractivity contribution in [2.24, 2.45) is 5.92 Å². The summed E-state index contributed by atoms with van der Waals surface area (Å²) >= 11 is 0. The third-order valence-electron chi connectivity index (χ3n) is 4.77. The van der Waals surface area contributed by atoms with Crippen molar-refractivity contribution in [3.8, 4) is 0 Å². The number of aliphatic hydroxyl groups is 4. The molecule has 0 spiro atoms. The molecule has 1 saturated heterocycles. The monoisotopic (exact) mass is 273 g/mol. The fraction of sp³-hybridized carbons (Fsp3) is 1.00. The van der Waals surface area contributed by atoms with Gasteiger partial charge < -0.3 is 20.4 Å². The van der Waals surface area contributed by atoms with Crippen molar-refractivity contribution in [3.05, 3.63) is 0 Å². The number of β-amino-alcohol motifs (C(OH)–C–C–N with tert-alkyl or cyclic N) is 1. The van der Waals surface area contributed by atoms with Crippen LogP contribution in [0.25, 0.3) is 0 Å². The first-order valence-corrected chi connectivity index (χ1v) is 7.52. The predicted molar refractivity (Wildman–Crippen MR) is 71.7 cm³/mol. The van der Waals surface area contributed by atoms with Gasteiger partial charge >= 0.3 is 0 Å². The van der Waals surface area contributed by atoms with E-state index < -0.39 is 24.4 Å². The first kappa shape index (κ1) is 15.2. The second kappa shape index (κ2) is 6.99. The minimum atomic E-state index is -1.15. The average molecular weight is 273 g/mol. The van der Waals surface area contributed by atoms with Gasteiger partial charge in [-0.2, -0.15) is 0 Å². The molecule has 2 rings (SSSR count). The summed E-state index contributed by atoms with van der Waals surface area (Å²) in [7, 11) is 0. The molecule has 5 heteroatoms. The summed E-state index contributed by atoms with van der Waals surface area (Å²) in [6.07, 6.45) is 4.38. The number of aliphatic hydroxyl groups excluding tert-OH is 4. The van der Waals surface area contributed by atoms with Gasteiger partial charge in [-0.1, -0.05) is 32.1 Å². The second-order valence-corrected chi connectivity index (χ2v) is 6.09. The maximum atomic E-state index is 9.90. The van der Waals surface area contributed by atoms with Crippen LogP contribution in [-0.4, -0.2) is 69.4 Å². The summed E-state index contributed by atoms with van der Waals surface area (Å²) in [5.74, 6) is 0.731. The smallest absolute Gasteiger partial charge is 0.109 e. The Labute approximate surface area is 114 Å². The lowest BCUT2D eigenvalue weighted by Crippen LogP contribution is -2.62. The van der Waals surface area contributed by atoms with Gasteiger partial charge in [0.15, 0.2) is 0 Å². The Bertz CT molecular complexity index is 270. The molecule has 5 nitrogen and oxygen atoms in total. The van der Waals surface area contributed by atoms with Crippen LogP contribution < -0.4 is 0 Å². The van der Waals surface area contributed by atoms with E-state index in [0.717, 1.165) is 18.9 Å². The summed E-state index contributed by atoms with van der Waals surface area (Å²) in [5.41, 5.74) is 0. The molecule has 0 aromatic carbocycles. The van der Waals surface area contributed by atoms with E-state index in [1.165, 1.54) is 32.1 Å². The van der Waals surface area contributed by atoms with Crippen LogP contribution in [-0.2, 0) is 0 Å². The second-order valence-electron chi connectivity index (χ2n) is 6.09. The number of rotatable bonds is 4. The molecule has 112 valence electrons. The summed E-state index contributed by atoms with van der Waals surface area (Å²) in [5, 5.41) is 38.7. The normalized spacial score (nSPS) is 38.5. The van der Waals surface area contributed by atoms with Crippen molar-refractivity contribution in [2.75, 3.05) is 19.7 Å². The molecule has 4 atom stereocenters. The Balaban J connectivity index is 1.86. The molecule has 1 aliphatic carbocycles. The largest absolute Gasteiger partial charge is 0.395 e. The van der Waals surface area contributed by atoms with Crippen LogP contribution in [0.3, 0.4) is 0 Å². The van der Waals surface area contributed by atoms with Gasteiger partial charge in [-0.25, -0.2) is 0 Å². The van der Waals surface area contributed by atoms with Crippen LogP contribution in [0.2, 0.25) is 0 Å². The molecule has 0 unspecified atom stereocenters. The van der Waals surface area contributed by atoms with Gasteiger partial charge in [0.1, 0.15) is 12.2 Å². The molecule has 0 aromatic rings. The van der Waals surface area contributed by atoms with Crippen molar-refractivity contribution in [1.82, 2.24) is 4.90 Å². The molecule has 2 fully saturated rings. The van der Waals surface area contributed by atoms with Crippen LogP contribution in [0.1, 0.15) is 38.5 Å². The van der Waals surface area contributed by atoms with Crippen LogP contribution in [0.4, 0.5) is 0 Å². The van der Waals surface area contributed by atoms with E-state index in [4.69, 9.17) is 0 Å². The van der Waals surface area contributed by atoms with Gasteiger partial charge in [-0.15, -0.1) is 0 Å². The van der Waals surface area contributed by atoms with Gasteiger partial charge in [-0.05, 0) is 18.9 Å². The van der Waals surface area contributed by atoms with E-state index in [1.807, 2.05) is 4.90 Å². The Morgan fingerprint density at radius 1 is 0.947 bits per heavy atom. The van der Waals surface area contributed by atoms with Gasteiger partial charge in [0.25, 0.3) is 0 Å². The van der Waals surface area contributed by atoms with E-state index in [2.05, 4.69) is 0 Å². The lowest BCUT2D eigenvalue weighted by Gasteiger charge is -2.43.